The zero-order valence-electron chi connectivity index (χ0n) is 20.6. The monoisotopic (exact) mass is 392 g/mol. The summed E-state index contributed by atoms with van der Waals surface area (Å²) in [5.74, 6) is 1.93. The molecule has 0 heterocycles. The van der Waals surface area contributed by atoms with Crippen LogP contribution in [0.3, 0.4) is 0 Å². The smallest absolute Gasteiger partial charge is 0.0987 e. The van der Waals surface area contributed by atoms with Crippen LogP contribution in [0.25, 0.3) is 0 Å². The molecule has 1 heteroatoms. The third kappa shape index (κ3) is 10.9. The van der Waals surface area contributed by atoms with Crippen LogP contribution in [-0.2, 0) is 4.74 Å². The molecule has 1 atom stereocenters. The topological polar surface area (TPSA) is 9.23 Å². The number of hydrogen-bond acceptors (Lipinski definition) is 1. The van der Waals surface area contributed by atoms with Gasteiger partial charge in [-0.15, -0.1) is 0 Å². The molecule has 0 spiro atoms. The Morgan fingerprint density at radius 1 is 0.786 bits per heavy atom. The molecule has 1 aliphatic carbocycles. The summed E-state index contributed by atoms with van der Waals surface area (Å²) in [6.45, 7) is 17.5. The van der Waals surface area contributed by atoms with Gasteiger partial charge < -0.3 is 4.74 Å². The molecule has 0 N–H and O–H groups in total. The van der Waals surface area contributed by atoms with Crippen molar-refractivity contribution in [3.05, 3.63) is 11.3 Å². The van der Waals surface area contributed by atoms with E-state index in [4.69, 9.17) is 4.74 Å². The largest absolute Gasteiger partial charge is 0.498 e. The molecule has 0 amide bonds. The van der Waals surface area contributed by atoms with Crippen LogP contribution in [0.2, 0.25) is 0 Å². The zero-order valence-corrected chi connectivity index (χ0v) is 20.6. The molecule has 0 aromatic rings. The molecule has 166 valence electrons. The number of hydrogen-bond donors (Lipinski definition) is 0. The zero-order chi connectivity index (χ0) is 21.0. The lowest BCUT2D eigenvalue weighted by Crippen LogP contribution is -2.30. The van der Waals surface area contributed by atoms with E-state index in [9.17, 15) is 0 Å². The highest BCUT2D eigenvalue weighted by molar-refractivity contribution is 5.19. The molecule has 0 aromatic carbocycles. The standard InChI is InChI=1S/C27H52O/c1-8-9-10-11-12-13-14-15-16-17-21-28-25(23-19-18-20-23)24(27(5,6)7)22-26(2,3)4/h24H,8-22H2,1-7H3. The van der Waals surface area contributed by atoms with Gasteiger partial charge in [0.05, 0.1) is 12.4 Å². The number of unbranched alkanes of at least 4 members (excludes halogenated alkanes) is 9. The molecule has 1 aliphatic rings. The predicted molar refractivity (Wildman–Crippen MR) is 126 cm³/mol. The van der Waals surface area contributed by atoms with Crippen LogP contribution in [0.15, 0.2) is 11.3 Å². The first kappa shape index (κ1) is 25.6. The van der Waals surface area contributed by atoms with Crippen molar-refractivity contribution < 1.29 is 4.74 Å². The molecule has 0 radical (unpaired) electrons. The lowest BCUT2D eigenvalue weighted by Gasteiger charge is -2.39. The van der Waals surface area contributed by atoms with Gasteiger partial charge in [0.15, 0.2) is 0 Å². The summed E-state index contributed by atoms with van der Waals surface area (Å²) in [7, 11) is 0. The summed E-state index contributed by atoms with van der Waals surface area (Å²) in [5.41, 5.74) is 2.23. The third-order valence-corrected chi connectivity index (χ3v) is 6.24. The van der Waals surface area contributed by atoms with E-state index in [0.717, 1.165) is 6.61 Å². The van der Waals surface area contributed by atoms with Gasteiger partial charge in [0.2, 0.25) is 0 Å². The minimum absolute atomic E-state index is 0.267. The van der Waals surface area contributed by atoms with E-state index in [2.05, 4.69) is 48.5 Å². The van der Waals surface area contributed by atoms with E-state index < -0.39 is 0 Å². The van der Waals surface area contributed by atoms with Gasteiger partial charge in [0.25, 0.3) is 0 Å². The van der Waals surface area contributed by atoms with E-state index in [-0.39, 0.29) is 5.41 Å². The highest BCUT2D eigenvalue weighted by Crippen LogP contribution is 2.45. The summed E-state index contributed by atoms with van der Waals surface area (Å²) >= 11 is 0. The van der Waals surface area contributed by atoms with Gasteiger partial charge in [0.1, 0.15) is 0 Å². The van der Waals surface area contributed by atoms with Gasteiger partial charge in [-0.3, -0.25) is 0 Å². The average molecular weight is 393 g/mol. The Balaban J connectivity index is 2.37. The van der Waals surface area contributed by atoms with Crippen LogP contribution >= 0.6 is 0 Å². The van der Waals surface area contributed by atoms with Gasteiger partial charge in [0, 0.05) is 5.92 Å². The van der Waals surface area contributed by atoms with Crippen molar-refractivity contribution in [1.82, 2.24) is 0 Å². The Kier molecular flexibility index (Phi) is 11.8. The minimum atomic E-state index is 0.267. The maximum absolute atomic E-state index is 6.53. The van der Waals surface area contributed by atoms with Crippen molar-refractivity contribution >= 4 is 0 Å². The molecule has 0 aliphatic heterocycles. The second-order valence-corrected chi connectivity index (χ2v) is 11.5. The Bertz CT molecular complexity index is 426. The Hall–Kier alpha value is -0.460. The second kappa shape index (κ2) is 13.0. The highest BCUT2D eigenvalue weighted by Gasteiger charge is 2.35. The number of ether oxygens (including phenoxy) is 1. The highest BCUT2D eigenvalue weighted by atomic mass is 16.5. The van der Waals surface area contributed by atoms with Crippen LogP contribution in [0.4, 0.5) is 0 Å². The van der Waals surface area contributed by atoms with Crippen molar-refractivity contribution in [2.24, 2.45) is 16.7 Å². The first-order valence-corrected chi connectivity index (χ1v) is 12.5. The fraction of sp³-hybridized carbons (Fsp3) is 0.926. The van der Waals surface area contributed by atoms with Crippen molar-refractivity contribution in [3.63, 3.8) is 0 Å². The number of allylic oxidation sites excluding steroid dienone is 2. The SMILES string of the molecule is CCCCCCCCCCCCOC(=C1CCC1)C(CC(C)(C)C)C(C)(C)C. The molecule has 0 bridgehead atoms. The first-order chi connectivity index (χ1) is 13.1. The quantitative estimate of drug-likeness (QED) is 0.211. The summed E-state index contributed by atoms with van der Waals surface area (Å²) in [4.78, 5) is 0. The molecule has 1 fully saturated rings. The van der Waals surface area contributed by atoms with Crippen LogP contribution in [-0.4, -0.2) is 6.61 Å². The average Bonchev–Trinajstić information content (AvgIpc) is 2.53. The van der Waals surface area contributed by atoms with E-state index in [1.54, 1.807) is 5.57 Å². The van der Waals surface area contributed by atoms with Crippen LogP contribution in [0.1, 0.15) is 138 Å². The maximum atomic E-state index is 6.53. The van der Waals surface area contributed by atoms with E-state index in [0.29, 0.717) is 11.3 Å². The third-order valence-electron chi connectivity index (χ3n) is 6.24. The first-order valence-electron chi connectivity index (χ1n) is 12.5. The Morgan fingerprint density at radius 3 is 1.68 bits per heavy atom. The molecule has 1 nitrogen and oxygen atoms in total. The Morgan fingerprint density at radius 2 is 1.29 bits per heavy atom. The van der Waals surface area contributed by atoms with Crippen molar-refractivity contribution in [2.45, 2.75) is 138 Å². The van der Waals surface area contributed by atoms with Gasteiger partial charge in [-0.25, -0.2) is 0 Å². The van der Waals surface area contributed by atoms with Gasteiger partial charge in [-0.05, 0) is 48.5 Å². The molecule has 0 saturated heterocycles. The molecule has 1 unspecified atom stereocenters. The molecule has 1 saturated carbocycles. The molecular formula is C27H52O. The summed E-state index contributed by atoms with van der Waals surface area (Å²) in [6.07, 6.45) is 19.0. The van der Waals surface area contributed by atoms with E-state index in [1.165, 1.54) is 95.7 Å². The van der Waals surface area contributed by atoms with Gasteiger partial charge in [-0.1, -0.05) is 106 Å². The maximum Gasteiger partial charge on any atom is 0.0987 e. The van der Waals surface area contributed by atoms with Gasteiger partial charge in [-0.2, -0.15) is 0 Å². The van der Waals surface area contributed by atoms with Crippen molar-refractivity contribution in [3.8, 4) is 0 Å². The minimum Gasteiger partial charge on any atom is -0.498 e. The van der Waals surface area contributed by atoms with Crippen molar-refractivity contribution in [1.29, 1.82) is 0 Å². The predicted octanol–water partition coefficient (Wildman–Crippen LogP) is 9.46. The van der Waals surface area contributed by atoms with Crippen molar-refractivity contribution in [2.75, 3.05) is 6.61 Å². The molecular weight excluding hydrogens is 340 g/mol. The number of rotatable bonds is 14. The van der Waals surface area contributed by atoms with Crippen LogP contribution in [0, 0.1) is 16.7 Å². The summed E-state index contributed by atoms with van der Waals surface area (Å²) in [6, 6.07) is 0. The van der Waals surface area contributed by atoms with Gasteiger partial charge >= 0.3 is 0 Å². The lowest BCUT2D eigenvalue weighted by atomic mass is 9.69. The van der Waals surface area contributed by atoms with Crippen LogP contribution in [0.5, 0.6) is 0 Å². The van der Waals surface area contributed by atoms with E-state index >= 15 is 0 Å². The summed E-state index contributed by atoms with van der Waals surface area (Å²) in [5, 5.41) is 0. The summed E-state index contributed by atoms with van der Waals surface area (Å²) < 4.78 is 6.53. The fourth-order valence-electron chi connectivity index (χ4n) is 4.23. The second-order valence-electron chi connectivity index (χ2n) is 11.5. The fourth-order valence-corrected chi connectivity index (χ4v) is 4.23. The Labute approximate surface area is 178 Å². The molecule has 28 heavy (non-hydrogen) atoms. The van der Waals surface area contributed by atoms with Crippen LogP contribution < -0.4 is 0 Å². The molecule has 0 aromatic heterocycles. The normalized spacial score (nSPS) is 16.0. The molecule has 1 rings (SSSR count). The lowest BCUT2D eigenvalue weighted by molar-refractivity contribution is 0.0902. The van der Waals surface area contributed by atoms with E-state index in [1.807, 2.05) is 0 Å².